The molecule has 0 saturated carbocycles. The van der Waals surface area contributed by atoms with Gasteiger partial charge in [-0.25, -0.2) is 0 Å². The smallest absolute Gasteiger partial charge is 0.0543 e. The average molecular weight is 230 g/mol. The molecule has 1 aliphatic heterocycles. The molecule has 2 rings (SSSR count). The predicted molar refractivity (Wildman–Crippen MR) is 73.4 cm³/mol. The molecular formula is C15H22N2. The molecule has 0 bridgehead atoms. The molecule has 0 N–H and O–H groups in total. The van der Waals surface area contributed by atoms with Crippen LogP contribution in [0.2, 0.25) is 0 Å². The molecule has 2 atom stereocenters. The summed E-state index contributed by atoms with van der Waals surface area (Å²) in [4.78, 5) is 0. The molecule has 1 aromatic rings. The lowest BCUT2D eigenvalue weighted by molar-refractivity contribution is 0.109. The van der Waals surface area contributed by atoms with Crippen LogP contribution >= 0.6 is 0 Å². The molecule has 1 aliphatic rings. The van der Waals surface area contributed by atoms with Gasteiger partial charge in [0.05, 0.1) is 6.21 Å². The maximum atomic E-state index is 4.65. The maximum absolute atomic E-state index is 4.65. The lowest BCUT2D eigenvalue weighted by Gasteiger charge is -2.36. The number of hydrogen-bond acceptors (Lipinski definition) is 2. The van der Waals surface area contributed by atoms with Crippen molar-refractivity contribution in [2.24, 2.45) is 5.10 Å². The standard InChI is InChI=1S/C15H22N2/c1-12-7-9-15(10-8-12)11-16-17-13(2)5-4-6-14(17)3/h7-11,13-14H,4-6H2,1-3H3/b16-11-/t13-,14+. The zero-order valence-corrected chi connectivity index (χ0v) is 11.1. The highest BCUT2D eigenvalue weighted by Gasteiger charge is 2.22. The second kappa shape index (κ2) is 5.35. The fraction of sp³-hybridized carbons (Fsp3) is 0.533. The summed E-state index contributed by atoms with van der Waals surface area (Å²) in [6, 6.07) is 9.64. The van der Waals surface area contributed by atoms with Crippen molar-refractivity contribution < 1.29 is 0 Å². The van der Waals surface area contributed by atoms with Gasteiger partial charge in [0.1, 0.15) is 0 Å². The molecule has 2 heteroatoms. The molecule has 1 heterocycles. The van der Waals surface area contributed by atoms with E-state index < -0.39 is 0 Å². The van der Waals surface area contributed by atoms with Crippen LogP contribution in [-0.4, -0.2) is 23.3 Å². The van der Waals surface area contributed by atoms with Crippen LogP contribution in [-0.2, 0) is 0 Å². The van der Waals surface area contributed by atoms with Gasteiger partial charge in [0.2, 0.25) is 0 Å². The molecule has 0 unspecified atom stereocenters. The number of nitrogens with zero attached hydrogens (tertiary/aromatic N) is 2. The van der Waals surface area contributed by atoms with E-state index in [1.807, 2.05) is 6.21 Å². The predicted octanol–water partition coefficient (Wildman–Crippen LogP) is 3.59. The van der Waals surface area contributed by atoms with E-state index in [0.29, 0.717) is 12.1 Å². The number of hydrogen-bond donors (Lipinski definition) is 0. The topological polar surface area (TPSA) is 15.6 Å². The Labute approximate surface area is 104 Å². The highest BCUT2D eigenvalue weighted by molar-refractivity contribution is 5.79. The van der Waals surface area contributed by atoms with Crippen LogP contribution in [0.15, 0.2) is 29.4 Å². The minimum absolute atomic E-state index is 0.570. The summed E-state index contributed by atoms with van der Waals surface area (Å²) in [5.41, 5.74) is 2.47. The van der Waals surface area contributed by atoms with E-state index in [9.17, 15) is 0 Å². The van der Waals surface area contributed by atoms with Gasteiger partial charge in [0.25, 0.3) is 0 Å². The van der Waals surface area contributed by atoms with E-state index >= 15 is 0 Å². The first kappa shape index (κ1) is 12.2. The van der Waals surface area contributed by atoms with Crippen molar-refractivity contribution in [3.63, 3.8) is 0 Å². The van der Waals surface area contributed by atoms with E-state index in [2.05, 4.69) is 55.1 Å². The Kier molecular flexibility index (Phi) is 3.82. The van der Waals surface area contributed by atoms with Gasteiger partial charge >= 0.3 is 0 Å². The molecule has 0 aliphatic carbocycles. The van der Waals surface area contributed by atoms with E-state index in [-0.39, 0.29) is 0 Å². The Morgan fingerprint density at radius 1 is 1.12 bits per heavy atom. The van der Waals surface area contributed by atoms with Crippen molar-refractivity contribution in [2.75, 3.05) is 0 Å². The SMILES string of the molecule is Cc1ccc(/C=N\N2[C@H](C)CCC[C@@H]2C)cc1. The monoisotopic (exact) mass is 230 g/mol. The second-order valence-corrected chi connectivity index (χ2v) is 5.16. The first-order chi connectivity index (χ1) is 8.16. The van der Waals surface area contributed by atoms with Gasteiger partial charge in [-0.1, -0.05) is 29.8 Å². The Bertz CT molecular complexity index is 370. The minimum Gasteiger partial charge on any atom is -0.292 e. The van der Waals surface area contributed by atoms with Gasteiger partial charge in [-0.15, -0.1) is 0 Å². The second-order valence-electron chi connectivity index (χ2n) is 5.16. The van der Waals surface area contributed by atoms with Crippen molar-refractivity contribution in [1.29, 1.82) is 0 Å². The van der Waals surface area contributed by atoms with Crippen molar-refractivity contribution >= 4 is 6.21 Å². The lowest BCUT2D eigenvalue weighted by Crippen LogP contribution is -2.39. The van der Waals surface area contributed by atoms with Crippen molar-refractivity contribution in [1.82, 2.24) is 5.01 Å². The summed E-state index contributed by atoms with van der Waals surface area (Å²) >= 11 is 0. The number of hydrazone groups is 1. The van der Waals surface area contributed by atoms with Crippen LogP contribution in [0.5, 0.6) is 0 Å². The fourth-order valence-corrected chi connectivity index (χ4v) is 2.42. The summed E-state index contributed by atoms with van der Waals surface area (Å²) in [5.74, 6) is 0. The van der Waals surface area contributed by atoms with Crippen LogP contribution in [0.1, 0.15) is 44.2 Å². The zero-order valence-electron chi connectivity index (χ0n) is 11.1. The zero-order chi connectivity index (χ0) is 12.3. The molecule has 92 valence electrons. The Hall–Kier alpha value is -1.31. The van der Waals surface area contributed by atoms with Crippen molar-refractivity contribution in [3.05, 3.63) is 35.4 Å². The third-order valence-electron chi connectivity index (χ3n) is 3.56. The summed E-state index contributed by atoms with van der Waals surface area (Å²) in [7, 11) is 0. The van der Waals surface area contributed by atoms with E-state index in [1.165, 1.54) is 30.4 Å². The van der Waals surface area contributed by atoms with Crippen LogP contribution in [0.4, 0.5) is 0 Å². The lowest BCUT2D eigenvalue weighted by atomic mass is 10.00. The summed E-state index contributed by atoms with van der Waals surface area (Å²) < 4.78 is 0. The normalized spacial score (nSPS) is 25.5. The van der Waals surface area contributed by atoms with Gasteiger partial charge < -0.3 is 0 Å². The highest BCUT2D eigenvalue weighted by atomic mass is 15.5. The van der Waals surface area contributed by atoms with Crippen LogP contribution in [0, 0.1) is 6.92 Å². The number of rotatable bonds is 2. The number of piperidine rings is 1. The molecular weight excluding hydrogens is 208 g/mol. The first-order valence-corrected chi connectivity index (χ1v) is 6.56. The molecule has 0 aromatic heterocycles. The molecule has 0 spiro atoms. The maximum Gasteiger partial charge on any atom is 0.0543 e. The number of aryl methyl sites for hydroxylation is 1. The third-order valence-corrected chi connectivity index (χ3v) is 3.56. The van der Waals surface area contributed by atoms with Gasteiger partial charge in [-0.05, 0) is 45.6 Å². The van der Waals surface area contributed by atoms with Gasteiger partial charge in [-0.2, -0.15) is 5.10 Å². The van der Waals surface area contributed by atoms with Gasteiger partial charge in [0.15, 0.2) is 0 Å². The van der Waals surface area contributed by atoms with Crippen LogP contribution in [0.3, 0.4) is 0 Å². The molecule has 1 aromatic carbocycles. The largest absolute Gasteiger partial charge is 0.292 e. The van der Waals surface area contributed by atoms with Crippen LogP contribution in [0.25, 0.3) is 0 Å². The van der Waals surface area contributed by atoms with Gasteiger partial charge in [-0.3, -0.25) is 5.01 Å². The molecule has 0 radical (unpaired) electrons. The first-order valence-electron chi connectivity index (χ1n) is 6.56. The minimum atomic E-state index is 0.570. The van der Waals surface area contributed by atoms with Crippen molar-refractivity contribution in [3.8, 4) is 0 Å². The molecule has 1 saturated heterocycles. The summed E-state index contributed by atoms with van der Waals surface area (Å²) in [6.07, 6.45) is 5.84. The molecule has 0 amide bonds. The van der Waals surface area contributed by atoms with E-state index in [4.69, 9.17) is 0 Å². The van der Waals surface area contributed by atoms with Crippen molar-refractivity contribution in [2.45, 2.75) is 52.1 Å². The van der Waals surface area contributed by atoms with Gasteiger partial charge in [0, 0.05) is 12.1 Å². The molecule has 1 fully saturated rings. The van der Waals surface area contributed by atoms with E-state index in [0.717, 1.165) is 0 Å². The fourth-order valence-electron chi connectivity index (χ4n) is 2.42. The Balaban J connectivity index is 2.06. The highest BCUT2D eigenvalue weighted by Crippen LogP contribution is 2.22. The Morgan fingerprint density at radius 2 is 1.71 bits per heavy atom. The number of benzene rings is 1. The Morgan fingerprint density at radius 3 is 2.29 bits per heavy atom. The quantitative estimate of drug-likeness (QED) is 0.709. The molecule has 17 heavy (non-hydrogen) atoms. The molecule has 2 nitrogen and oxygen atoms in total. The third kappa shape index (κ3) is 3.09. The summed E-state index contributed by atoms with van der Waals surface area (Å²) in [5, 5.41) is 6.91. The average Bonchev–Trinajstić information content (AvgIpc) is 2.31. The summed E-state index contributed by atoms with van der Waals surface area (Å²) in [6.45, 7) is 6.64. The van der Waals surface area contributed by atoms with Crippen LogP contribution < -0.4 is 0 Å². The van der Waals surface area contributed by atoms with E-state index in [1.54, 1.807) is 0 Å².